The molecular weight excluding hydrogens is 344 g/mol. The molecule has 0 N–H and O–H groups in total. The van der Waals surface area contributed by atoms with Crippen molar-refractivity contribution in [1.29, 1.82) is 0 Å². The number of piperazine rings is 1. The molecule has 1 amide bonds. The lowest BCUT2D eigenvalue weighted by atomic mass is 10.1. The molecule has 3 heterocycles. The van der Waals surface area contributed by atoms with Crippen molar-refractivity contribution in [1.82, 2.24) is 19.9 Å². The molecule has 4 rings (SSSR count). The largest absolute Gasteiger partial charge is 0.459 e. The van der Waals surface area contributed by atoms with Crippen LogP contribution in [0.1, 0.15) is 28.9 Å². The molecule has 2 aromatic heterocycles. The van der Waals surface area contributed by atoms with Crippen LogP contribution >= 0.6 is 0 Å². The predicted molar refractivity (Wildman–Crippen MR) is 99.0 cm³/mol. The number of carbonyl (C=O) groups excluding carboxylic acids is 1. The first-order chi connectivity index (χ1) is 13.2. The number of benzene rings is 1. The van der Waals surface area contributed by atoms with E-state index in [1.165, 1.54) is 11.8 Å². The number of furan rings is 1. The molecule has 3 aromatic rings. The molecule has 0 atom stereocenters. The van der Waals surface area contributed by atoms with E-state index < -0.39 is 0 Å². The summed E-state index contributed by atoms with van der Waals surface area (Å²) in [6.45, 7) is 5.54. The van der Waals surface area contributed by atoms with E-state index in [1.54, 1.807) is 12.1 Å². The van der Waals surface area contributed by atoms with Crippen LogP contribution in [-0.2, 0) is 13.0 Å². The molecule has 1 aliphatic rings. The van der Waals surface area contributed by atoms with Crippen molar-refractivity contribution in [2.24, 2.45) is 0 Å². The highest BCUT2D eigenvalue weighted by Crippen LogP contribution is 2.18. The van der Waals surface area contributed by atoms with E-state index in [9.17, 15) is 4.79 Å². The van der Waals surface area contributed by atoms with Gasteiger partial charge in [-0.2, -0.15) is 4.98 Å². The van der Waals surface area contributed by atoms with Crippen LogP contribution < -0.4 is 0 Å². The lowest BCUT2D eigenvalue weighted by Gasteiger charge is -2.33. The molecule has 27 heavy (non-hydrogen) atoms. The normalized spacial score (nSPS) is 15.2. The van der Waals surface area contributed by atoms with Crippen LogP contribution in [0, 0.1) is 0 Å². The molecule has 1 saturated heterocycles. The third-order valence-corrected chi connectivity index (χ3v) is 4.84. The van der Waals surface area contributed by atoms with Gasteiger partial charge in [0, 0.05) is 31.7 Å². The van der Waals surface area contributed by atoms with Gasteiger partial charge in [0.15, 0.2) is 5.76 Å². The fourth-order valence-corrected chi connectivity index (χ4v) is 3.18. The van der Waals surface area contributed by atoms with Crippen LogP contribution in [-0.4, -0.2) is 52.0 Å². The molecule has 0 aliphatic carbocycles. The third-order valence-electron chi connectivity index (χ3n) is 4.84. The van der Waals surface area contributed by atoms with Gasteiger partial charge in [0.2, 0.25) is 11.7 Å². The Morgan fingerprint density at radius 2 is 1.89 bits per heavy atom. The fourth-order valence-electron chi connectivity index (χ4n) is 3.18. The number of amides is 1. The molecule has 0 saturated carbocycles. The Balaban J connectivity index is 1.33. The molecule has 7 nitrogen and oxygen atoms in total. The Morgan fingerprint density at radius 1 is 1.11 bits per heavy atom. The quantitative estimate of drug-likeness (QED) is 0.691. The van der Waals surface area contributed by atoms with Gasteiger partial charge in [-0.3, -0.25) is 9.69 Å². The second-order valence-corrected chi connectivity index (χ2v) is 6.61. The number of aryl methyl sites for hydroxylation is 1. The maximum Gasteiger partial charge on any atom is 0.289 e. The average Bonchev–Trinajstić information content (AvgIpc) is 3.40. The number of carbonyl (C=O) groups is 1. The number of aromatic nitrogens is 2. The Hall–Kier alpha value is -2.93. The van der Waals surface area contributed by atoms with E-state index in [2.05, 4.69) is 34.1 Å². The van der Waals surface area contributed by atoms with Gasteiger partial charge in [0.1, 0.15) is 0 Å². The monoisotopic (exact) mass is 366 g/mol. The number of hydrogen-bond donors (Lipinski definition) is 0. The van der Waals surface area contributed by atoms with E-state index in [0.717, 1.165) is 25.1 Å². The standard InChI is InChI=1S/C20H22N4O3/c1-2-15-5-7-16(8-6-15)19-21-18(27-22-19)14-23-9-11-24(12-10-23)20(25)17-4-3-13-26-17/h3-8,13H,2,9-12,14H2,1H3. The van der Waals surface area contributed by atoms with E-state index in [0.29, 0.717) is 37.1 Å². The minimum atomic E-state index is -0.0600. The first kappa shape index (κ1) is 17.5. The summed E-state index contributed by atoms with van der Waals surface area (Å²) in [5, 5.41) is 4.09. The van der Waals surface area contributed by atoms with Gasteiger partial charge in [-0.15, -0.1) is 0 Å². The van der Waals surface area contributed by atoms with Crippen LogP contribution in [0.2, 0.25) is 0 Å². The van der Waals surface area contributed by atoms with Crippen LogP contribution in [0.4, 0.5) is 0 Å². The van der Waals surface area contributed by atoms with Crippen LogP contribution in [0.5, 0.6) is 0 Å². The molecule has 1 aliphatic heterocycles. The Labute approximate surface area is 157 Å². The second-order valence-electron chi connectivity index (χ2n) is 6.61. The lowest BCUT2D eigenvalue weighted by Crippen LogP contribution is -2.48. The summed E-state index contributed by atoms with van der Waals surface area (Å²) in [6, 6.07) is 11.6. The van der Waals surface area contributed by atoms with Gasteiger partial charge in [0.25, 0.3) is 5.91 Å². The van der Waals surface area contributed by atoms with Gasteiger partial charge < -0.3 is 13.8 Å². The molecule has 0 bridgehead atoms. The van der Waals surface area contributed by atoms with Crippen LogP contribution in [0.25, 0.3) is 11.4 Å². The average molecular weight is 366 g/mol. The zero-order chi connectivity index (χ0) is 18.6. The highest BCUT2D eigenvalue weighted by Gasteiger charge is 2.24. The molecule has 1 aromatic carbocycles. The predicted octanol–water partition coefficient (Wildman–Crippen LogP) is 2.85. The summed E-state index contributed by atoms with van der Waals surface area (Å²) in [5.74, 6) is 1.53. The summed E-state index contributed by atoms with van der Waals surface area (Å²) >= 11 is 0. The van der Waals surface area contributed by atoms with Crippen molar-refractivity contribution in [2.75, 3.05) is 26.2 Å². The Morgan fingerprint density at radius 3 is 2.56 bits per heavy atom. The molecule has 1 fully saturated rings. The number of hydrogen-bond acceptors (Lipinski definition) is 6. The fraction of sp³-hybridized carbons (Fsp3) is 0.350. The van der Waals surface area contributed by atoms with Gasteiger partial charge in [-0.05, 0) is 24.1 Å². The Kier molecular flexibility index (Phi) is 5.02. The van der Waals surface area contributed by atoms with Crippen molar-refractivity contribution in [3.05, 3.63) is 59.9 Å². The Bertz CT molecular complexity index is 878. The number of nitrogens with zero attached hydrogens (tertiary/aromatic N) is 4. The molecule has 140 valence electrons. The van der Waals surface area contributed by atoms with Crippen molar-refractivity contribution in [3.63, 3.8) is 0 Å². The summed E-state index contributed by atoms with van der Waals surface area (Å²) in [7, 11) is 0. The zero-order valence-electron chi connectivity index (χ0n) is 15.3. The van der Waals surface area contributed by atoms with Gasteiger partial charge in [0.05, 0.1) is 12.8 Å². The zero-order valence-corrected chi connectivity index (χ0v) is 15.3. The minimum Gasteiger partial charge on any atom is -0.459 e. The van der Waals surface area contributed by atoms with E-state index in [1.807, 2.05) is 17.0 Å². The van der Waals surface area contributed by atoms with Crippen molar-refractivity contribution >= 4 is 5.91 Å². The maximum absolute atomic E-state index is 12.3. The summed E-state index contributed by atoms with van der Waals surface area (Å²) in [6.07, 6.45) is 2.53. The summed E-state index contributed by atoms with van der Waals surface area (Å²) < 4.78 is 10.6. The first-order valence-corrected chi connectivity index (χ1v) is 9.20. The molecular formula is C20H22N4O3. The van der Waals surface area contributed by atoms with Crippen molar-refractivity contribution in [2.45, 2.75) is 19.9 Å². The highest BCUT2D eigenvalue weighted by atomic mass is 16.5. The lowest BCUT2D eigenvalue weighted by molar-refractivity contribution is 0.0585. The first-order valence-electron chi connectivity index (χ1n) is 9.20. The summed E-state index contributed by atoms with van der Waals surface area (Å²) in [5.41, 5.74) is 2.24. The smallest absolute Gasteiger partial charge is 0.289 e. The van der Waals surface area contributed by atoms with Gasteiger partial charge in [-0.1, -0.05) is 36.3 Å². The van der Waals surface area contributed by atoms with E-state index in [4.69, 9.17) is 8.94 Å². The summed E-state index contributed by atoms with van der Waals surface area (Å²) in [4.78, 5) is 20.8. The molecule has 0 spiro atoms. The maximum atomic E-state index is 12.3. The molecule has 0 unspecified atom stereocenters. The molecule has 0 radical (unpaired) electrons. The van der Waals surface area contributed by atoms with E-state index >= 15 is 0 Å². The van der Waals surface area contributed by atoms with Crippen LogP contribution in [0.3, 0.4) is 0 Å². The van der Waals surface area contributed by atoms with Gasteiger partial charge >= 0.3 is 0 Å². The van der Waals surface area contributed by atoms with Gasteiger partial charge in [-0.25, -0.2) is 0 Å². The van der Waals surface area contributed by atoms with Crippen LogP contribution in [0.15, 0.2) is 51.6 Å². The van der Waals surface area contributed by atoms with Crippen molar-refractivity contribution in [3.8, 4) is 11.4 Å². The van der Waals surface area contributed by atoms with Crippen molar-refractivity contribution < 1.29 is 13.7 Å². The highest BCUT2D eigenvalue weighted by molar-refractivity contribution is 5.91. The third kappa shape index (κ3) is 3.93. The topological polar surface area (TPSA) is 75.6 Å². The molecule has 7 heteroatoms. The SMILES string of the molecule is CCc1ccc(-c2noc(CN3CCN(C(=O)c4ccco4)CC3)n2)cc1. The minimum absolute atomic E-state index is 0.0600. The second kappa shape index (κ2) is 7.75. The number of rotatable bonds is 5. The van der Waals surface area contributed by atoms with E-state index in [-0.39, 0.29) is 5.91 Å².